The summed E-state index contributed by atoms with van der Waals surface area (Å²) >= 11 is 5.84. The monoisotopic (exact) mass is 240 g/mol. The molecule has 1 nitrogen and oxygen atoms in total. The fourth-order valence-corrected chi connectivity index (χ4v) is 2.17. The van der Waals surface area contributed by atoms with Gasteiger partial charge in [0.15, 0.2) is 5.78 Å². The zero-order valence-electron chi connectivity index (χ0n) is 8.98. The van der Waals surface area contributed by atoms with Crippen LogP contribution in [0.3, 0.4) is 0 Å². The number of hydrogen-bond acceptors (Lipinski definition) is 1. The van der Waals surface area contributed by atoms with Gasteiger partial charge in [-0.05, 0) is 29.3 Å². The van der Waals surface area contributed by atoms with E-state index < -0.39 is 0 Å². The summed E-state index contributed by atoms with van der Waals surface area (Å²) in [5.41, 5.74) is 3.42. The Hall–Kier alpha value is -1.86. The van der Waals surface area contributed by atoms with Crippen LogP contribution in [-0.2, 0) is 0 Å². The van der Waals surface area contributed by atoms with Crippen molar-refractivity contribution < 1.29 is 4.79 Å². The Kier molecular flexibility index (Phi) is 2.34. The number of ketones is 1. The second-order valence-corrected chi connectivity index (χ2v) is 4.42. The quantitative estimate of drug-likeness (QED) is 0.734. The maximum atomic E-state index is 12.2. The highest BCUT2D eigenvalue weighted by Crippen LogP contribution is 2.31. The van der Waals surface area contributed by atoms with Crippen LogP contribution in [0.1, 0.15) is 21.5 Å². The molecular formula is C15H9ClO. The highest BCUT2D eigenvalue weighted by Gasteiger charge is 2.22. The minimum atomic E-state index is 0.0860. The molecule has 0 bridgehead atoms. The zero-order chi connectivity index (χ0) is 11.8. The molecule has 2 aromatic rings. The SMILES string of the molecule is O=C1C(c2ccc(Cl)cc2)=Cc2ccccc21. The average Bonchev–Trinajstić information content (AvgIpc) is 2.69. The number of carbonyl (C=O) groups is 1. The molecular weight excluding hydrogens is 232 g/mol. The summed E-state index contributed by atoms with van der Waals surface area (Å²) in [7, 11) is 0. The van der Waals surface area contributed by atoms with Gasteiger partial charge in [0.2, 0.25) is 0 Å². The van der Waals surface area contributed by atoms with Gasteiger partial charge < -0.3 is 0 Å². The fraction of sp³-hybridized carbons (Fsp3) is 0. The molecule has 0 aromatic heterocycles. The van der Waals surface area contributed by atoms with Crippen molar-refractivity contribution in [3.63, 3.8) is 0 Å². The van der Waals surface area contributed by atoms with Gasteiger partial charge in [-0.3, -0.25) is 4.79 Å². The molecule has 2 aromatic carbocycles. The number of benzene rings is 2. The van der Waals surface area contributed by atoms with Crippen molar-refractivity contribution in [1.82, 2.24) is 0 Å². The Morgan fingerprint density at radius 1 is 0.882 bits per heavy atom. The minimum Gasteiger partial charge on any atom is -0.289 e. The Balaban J connectivity index is 2.08. The standard InChI is InChI=1S/C15H9ClO/c16-12-7-5-10(6-8-12)14-9-11-3-1-2-4-13(11)15(14)17/h1-9H. The fourth-order valence-electron chi connectivity index (χ4n) is 2.04. The molecule has 0 spiro atoms. The van der Waals surface area contributed by atoms with Crippen molar-refractivity contribution in [3.05, 3.63) is 70.2 Å². The molecule has 0 amide bonds. The summed E-state index contributed by atoms with van der Waals surface area (Å²) in [6.45, 7) is 0. The lowest BCUT2D eigenvalue weighted by atomic mass is 10.0. The Morgan fingerprint density at radius 3 is 2.29 bits per heavy atom. The van der Waals surface area contributed by atoms with Gasteiger partial charge in [-0.1, -0.05) is 48.0 Å². The largest absolute Gasteiger partial charge is 0.289 e. The van der Waals surface area contributed by atoms with E-state index in [0.29, 0.717) is 5.02 Å². The summed E-state index contributed by atoms with van der Waals surface area (Å²) < 4.78 is 0. The summed E-state index contributed by atoms with van der Waals surface area (Å²) in [6.07, 6.45) is 1.93. The number of rotatable bonds is 1. The predicted molar refractivity (Wildman–Crippen MR) is 70.1 cm³/mol. The molecule has 0 N–H and O–H groups in total. The van der Waals surface area contributed by atoms with E-state index >= 15 is 0 Å². The van der Waals surface area contributed by atoms with Crippen LogP contribution in [0.5, 0.6) is 0 Å². The smallest absolute Gasteiger partial charge is 0.194 e. The third kappa shape index (κ3) is 1.69. The molecule has 1 aliphatic rings. The third-order valence-corrected chi connectivity index (χ3v) is 3.16. The highest BCUT2D eigenvalue weighted by atomic mass is 35.5. The second kappa shape index (κ2) is 3.86. The number of carbonyl (C=O) groups excluding carboxylic acids is 1. The lowest BCUT2D eigenvalue weighted by molar-refractivity contribution is 0.105. The first-order valence-electron chi connectivity index (χ1n) is 5.37. The van der Waals surface area contributed by atoms with E-state index in [1.54, 1.807) is 12.1 Å². The van der Waals surface area contributed by atoms with E-state index in [4.69, 9.17) is 11.6 Å². The van der Waals surface area contributed by atoms with Crippen molar-refractivity contribution in [1.29, 1.82) is 0 Å². The summed E-state index contributed by atoms with van der Waals surface area (Å²) in [4.78, 5) is 12.2. The van der Waals surface area contributed by atoms with Crippen molar-refractivity contribution in [2.45, 2.75) is 0 Å². The molecule has 0 atom stereocenters. The summed E-state index contributed by atoms with van der Waals surface area (Å²) in [5.74, 6) is 0.0860. The minimum absolute atomic E-state index is 0.0860. The van der Waals surface area contributed by atoms with Gasteiger partial charge >= 0.3 is 0 Å². The van der Waals surface area contributed by atoms with Gasteiger partial charge in [0.25, 0.3) is 0 Å². The first-order valence-corrected chi connectivity index (χ1v) is 5.75. The molecule has 0 heterocycles. The molecule has 1 aliphatic carbocycles. The van der Waals surface area contributed by atoms with E-state index in [-0.39, 0.29) is 5.78 Å². The van der Waals surface area contributed by atoms with Gasteiger partial charge in [0.05, 0.1) is 0 Å². The predicted octanol–water partition coefficient (Wildman–Crippen LogP) is 4.08. The lowest BCUT2D eigenvalue weighted by Gasteiger charge is -2.01. The average molecular weight is 241 g/mol. The van der Waals surface area contributed by atoms with Crippen LogP contribution in [0.4, 0.5) is 0 Å². The molecule has 17 heavy (non-hydrogen) atoms. The van der Waals surface area contributed by atoms with Crippen LogP contribution in [0, 0.1) is 0 Å². The molecule has 2 heteroatoms. The Labute approximate surface area is 104 Å². The molecule has 0 saturated carbocycles. The van der Waals surface area contributed by atoms with Crippen molar-refractivity contribution in [2.24, 2.45) is 0 Å². The van der Waals surface area contributed by atoms with Crippen LogP contribution < -0.4 is 0 Å². The molecule has 0 saturated heterocycles. The lowest BCUT2D eigenvalue weighted by Crippen LogP contribution is -1.97. The Bertz CT molecular complexity index is 624. The first-order chi connectivity index (χ1) is 8.25. The summed E-state index contributed by atoms with van der Waals surface area (Å²) in [5, 5.41) is 0.678. The van der Waals surface area contributed by atoms with E-state index in [1.807, 2.05) is 42.5 Å². The topological polar surface area (TPSA) is 17.1 Å². The molecule has 0 radical (unpaired) electrons. The normalized spacial score (nSPS) is 13.5. The Morgan fingerprint density at radius 2 is 1.59 bits per heavy atom. The molecule has 0 fully saturated rings. The van der Waals surface area contributed by atoms with Crippen LogP contribution in [0.2, 0.25) is 5.02 Å². The van der Waals surface area contributed by atoms with Crippen LogP contribution in [-0.4, -0.2) is 5.78 Å². The van der Waals surface area contributed by atoms with Crippen LogP contribution in [0.25, 0.3) is 11.6 Å². The van der Waals surface area contributed by atoms with Gasteiger partial charge in [-0.15, -0.1) is 0 Å². The van der Waals surface area contributed by atoms with Crippen molar-refractivity contribution >= 4 is 29.0 Å². The van der Waals surface area contributed by atoms with Gasteiger partial charge in [0, 0.05) is 16.2 Å². The first kappa shape index (κ1) is 10.3. The molecule has 3 rings (SSSR count). The van der Waals surface area contributed by atoms with E-state index in [2.05, 4.69) is 0 Å². The maximum absolute atomic E-state index is 12.2. The molecule has 0 unspecified atom stereocenters. The van der Waals surface area contributed by atoms with Crippen molar-refractivity contribution in [3.8, 4) is 0 Å². The third-order valence-electron chi connectivity index (χ3n) is 2.91. The number of allylic oxidation sites excluding steroid dienone is 1. The number of fused-ring (bicyclic) bond motifs is 1. The van der Waals surface area contributed by atoms with Gasteiger partial charge in [-0.2, -0.15) is 0 Å². The molecule has 0 aliphatic heterocycles. The van der Waals surface area contributed by atoms with E-state index in [0.717, 1.165) is 22.3 Å². The van der Waals surface area contributed by atoms with Crippen molar-refractivity contribution in [2.75, 3.05) is 0 Å². The van der Waals surface area contributed by atoms with E-state index in [9.17, 15) is 4.79 Å². The number of Topliss-reactive ketones (excluding diaryl/α,β-unsaturated/α-hetero) is 1. The van der Waals surface area contributed by atoms with Gasteiger partial charge in [-0.25, -0.2) is 0 Å². The van der Waals surface area contributed by atoms with Crippen LogP contribution >= 0.6 is 11.6 Å². The number of halogens is 1. The van der Waals surface area contributed by atoms with E-state index in [1.165, 1.54) is 0 Å². The number of hydrogen-bond donors (Lipinski definition) is 0. The molecule has 82 valence electrons. The van der Waals surface area contributed by atoms with Crippen LogP contribution in [0.15, 0.2) is 48.5 Å². The second-order valence-electron chi connectivity index (χ2n) is 3.98. The van der Waals surface area contributed by atoms with Gasteiger partial charge in [0.1, 0.15) is 0 Å². The highest BCUT2D eigenvalue weighted by molar-refractivity contribution is 6.37. The maximum Gasteiger partial charge on any atom is 0.194 e. The zero-order valence-corrected chi connectivity index (χ0v) is 9.74. The summed E-state index contributed by atoms with van der Waals surface area (Å²) in [6, 6.07) is 15.0.